The van der Waals surface area contributed by atoms with Crippen LogP contribution in [0.2, 0.25) is 5.02 Å². The fourth-order valence-corrected chi connectivity index (χ4v) is 3.26. The maximum Gasteiger partial charge on any atom is 0.414 e. The van der Waals surface area contributed by atoms with Gasteiger partial charge < -0.3 is 19.7 Å². The third-order valence-electron chi connectivity index (χ3n) is 4.65. The standard InChI is InChI=1S/C21H25ClN2O3/c1-14-12-16(5-7-19(14)22)26-11-9-20-18-6-4-17(27-21(25)24(2)3)13-15(18)8-10-23-20/h4-7,12-13,20,23H,8-11H2,1-3H3/t20-/m1/s1. The van der Waals surface area contributed by atoms with Gasteiger partial charge in [-0.15, -0.1) is 0 Å². The summed E-state index contributed by atoms with van der Waals surface area (Å²) >= 11 is 6.05. The van der Waals surface area contributed by atoms with Gasteiger partial charge in [-0.25, -0.2) is 4.79 Å². The molecule has 27 heavy (non-hydrogen) atoms. The number of carbonyl (C=O) groups excluding carboxylic acids is 1. The van der Waals surface area contributed by atoms with Gasteiger partial charge in [-0.05, 0) is 66.9 Å². The van der Waals surface area contributed by atoms with Crippen LogP contribution >= 0.6 is 11.6 Å². The molecule has 1 aliphatic rings. The number of hydrogen-bond acceptors (Lipinski definition) is 4. The van der Waals surface area contributed by atoms with Gasteiger partial charge in [0.2, 0.25) is 0 Å². The lowest BCUT2D eigenvalue weighted by atomic mass is 9.92. The van der Waals surface area contributed by atoms with Gasteiger partial charge in [-0.2, -0.15) is 0 Å². The molecule has 0 bridgehead atoms. The molecule has 2 aromatic carbocycles. The Kier molecular flexibility index (Phi) is 6.24. The third-order valence-corrected chi connectivity index (χ3v) is 5.07. The third kappa shape index (κ3) is 4.93. The summed E-state index contributed by atoms with van der Waals surface area (Å²) in [7, 11) is 3.34. The first-order valence-corrected chi connectivity index (χ1v) is 9.46. The topological polar surface area (TPSA) is 50.8 Å². The summed E-state index contributed by atoms with van der Waals surface area (Å²) in [4.78, 5) is 13.1. The van der Waals surface area contributed by atoms with Crippen molar-refractivity contribution in [2.75, 3.05) is 27.2 Å². The van der Waals surface area contributed by atoms with Crippen molar-refractivity contribution < 1.29 is 14.3 Å². The van der Waals surface area contributed by atoms with Crippen molar-refractivity contribution in [3.63, 3.8) is 0 Å². The molecular weight excluding hydrogens is 364 g/mol. The van der Waals surface area contributed by atoms with Gasteiger partial charge in [0.1, 0.15) is 11.5 Å². The molecule has 0 spiro atoms. The molecular formula is C21H25ClN2O3. The van der Waals surface area contributed by atoms with Gasteiger partial charge in [0, 0.05) is 31.6 Å². The van der Waals surface area contributed by atoms with Gasteiger partial charge in [-0.3, -0.25) is 0 Å². The first-order chi connectivity index (χ1) is 12.9. The molecule has 0 aromatic heterocycles. The Morgan fingerprint density at radius 1 is 1.22 bits per heavy atom. The van der Waals surface area contributed by atoms with Crippen molar-refractivity contribution in [3.8, 4) is 11.5 Å². The number of nitrogens with one attached hydrogen (secondary N) is 1. The van der Waals surface area contributed by atoms with Gasteiger partial charge in [0.25, 0.3) is 0 Å². The Labute approximate surface area is 165 Å². The maximum absolute atomic E-state index is 11.7. The average Bonchev–Trinajstić information content (AvgIpc) is 2.64. The molecule has 1 N–H and O–H groups in total. The lowest BCUT2D eigenvalue weighted by Crippen LogP contribution is -2.31. The zero-order valence-electron chi connectivity index (χ0n) is 15.9. The lowest BCUT2D eigenvalue weighted by molar-refractivity contribution is 0.172. The van der Waals surface area contributed by atoms with Crippen LogP contribution in [-0.4, -0.2) is 38.2 Å². The molecule has 0 saturated heterocycles. The fourth-order valence-electron chi connectivity index (χ4n) is 3.14. The predicted molar refractivity (Wildman–Crippen MR) is 107 cm³/mol. The molecule has 1 heterocycles. The van der Waals surface area contributed by atoms with Crippen LogP contribution in [0.3, 0.4) is 0 Å². The van der Waals surface area contributed by atoms with Crippen molar-refractivity contribution in [3.05, 3.63) is 58.1 Å². The Morgan fingerprint density at radius 3 is 2.74 bits per heavy atom. The molecule has 0 radical (unpaired) electrons. The minimum atomic E-state index is -0.368. The van der Waals surface area contributed by atoms with Gasteiger partial charge in [0.15, 0.2) is 0 Å². The Morgan fingerprint density at radius 2 is 2.00 bits per heavy atom. The normalized spacial score (nSPS) is 15.8. The van der Waals surface area contributed by atoms with E-state index in [1.54, 1.807) is 14.1 Å². The highest BCUT2D eigenvalue weighted by molar-refractivity contribution is 6.31. The maximum atomic E-state index is 11.7. The summed E-state index contributed by atoms with van der Waals surface area (Å²) < 4.78 is 11.3. The molecule has 2 aromatic rings. The zero-order chi connectivity index (χ0) is 19.4. The molecule has 0 fully saturated rings. The van der Waals surface area contributed by atoms with Crippen molar-refractivity contribution in [1.29, 1.82) is 0 Å². The van der Waals surface area contributed by atoms with E-state index in [9.17, 15) is 4.79 Å². The SMILES string of the molecule is Cc1cc(OCC[C@H]2NCCc3cc(OC(=O)N(C)C)ccc32)ccc1Cl. The summed E-state index contributed by atoms with van der Waals surface area (Å²) in [6, 6.07) is 11.8. The van der Waals surface area contributed by atoms with Gasteiger partial charge in [0.05, 0.1) is 6.61 Å². The predicted octanol–water partition coefficient (Wildman–Crippen LogP) is 4.36. The van der Waals surface area contributed by atoms with Crippen molar-refractivity contribution in [2.24, 2.45) is 0 Å². The number of benzene rings is 2. The Bertz CT molecular complexity index is 823. The summed E-state index contributed by atoms with van der Waals surface area (Å²) in [6.07, 6.45) is 1.40. The molecule has 0 saturated carbocycles. The second-order valence-electron chi connectivity index (χ2n) is 6.93. The zero-order valence-corrected chi connectivity index (χ0v) is 16.7. The first-order valence-electron chi connectivity index (χ1n) is 9.08. The van der Waals surface area contributed by atoms with Crippen molar-refractivity contribution in [2.45, 2.75) is 25.8 Å². The van der Waals surface area contributed by atoms with Gasteiger partial charge >= 0.3 is 6.09 Å². The number of ether oxygens (including phenoxy) is 2. The van der Waals surface area contributed by atoms with Crippen LogP contribution in [-0.2, 0) is 6.42 Å². The van der Waals surface area contributed by atoms with Gasteiger partial charge in [-0.1, -0.05) is 17.7 Å². The number of aryl methyl sites for hydroxylation is 1. The van der Waals surface area contributed by atoms with Crippen LogP contribution in [0.5, 0.6) is 11.5 Å². The minimum Gasteiger partial charge on any atom is -0.494 e. The van der Waals surface area contributed by atoms with E-state index in [2.05, 4.69) is 5.32 Å². The number of fused-ring (bicyclic) bond motifs is 1. The van der Waals surface area contributed by atoms with Crippen molar-refractivity contribution >= 4 is 17.7 Å². The lowest BCUT2D eigenvalue weighted by Gasteiger charge is -2.27. The highest BCUT2D eigenvalue weighted by atomic mass is 35.5. The van der Waals surface area contributed by atoms with E-state index in [0.717, 1.165) is 35.7 Å². The summed E-state index contributed by atoms with van der Waals surface area (Å²) in [6.45, 7) is 3.47. The monoisotopic (exact) mass is 388 g/mol. The number of amides is 1. The number of hydrogen-bond donors (Lipinski definition) is 1. The molecule has 144 valence electrons. The molecule has 1 aliphatic heterocycles. The smallest absolute Gasteiger partial charge is 0.414 e. The molecule has 5 nitrogen and oxygen atoms in total. The molecule has 0 unspecified atom stereocenters. The Hall–Kier alpha value is -2.24. The van der Waals surface area contributed by atoms with Crippen LogP contribution in [0.4, 0.5) is 4.79 Å². The van der Waals surface area contributed by atoms with Crippen LogP contribution in [0.25, 0.3) is 0 Å². The van der Waals surface area contributed by atoms with E-state index >= 15 is 0 Å². The quantitative estimate of drug-likeness (QED) is 0.826. The molecule has 1 amide bonds. The first kappa shape index (κ1) is 19.5. The fraction of sp³-hybridized carbons (Fsp3) is 0.381. The summed E-state index contributed by atoms with van der Waals surface area (Å²) in [5, 5.41) is 4.29. The summed E-state index contributed by atoms with van der Waals surface area (Å²) in [5.74, 6) is 1.42. The molecule has 1 atom stereocenters. The van der Waals surface area contributed by atoms with E-state index in [0.29, 0.717) is 12.4 Å². The number of rotatable bonds is 5. The van der Waals surface area contributed by atoms with Crippen LogP contribution in [0.1, 0.15) is 29.2 Å². The largest absolute Gasteiger partial charge is 0.494 e. The summed E-state index contributed by atoms with van der Waals surface area (Å²) in [5.41, 5.74) is 3.46. The van der Waals surface area contributed by atoms with E-state index in [4.69, 9.17) is 21.1 Å². The highest BCUT2D eigenvalue weighted by Gasteiger charge is 2.21. The average molecular weight is 389 g/mol. The van der Waals surface area contributed by atoms with E-state index in [1.807, 2.05) is 43.3 Å². The number of halogens is 1. The van der Waals surface area contributed by atoms with E-state index in [1.165, 1.54) is 16.0 Å². The van der Waals surface area contributed by atoms with Crippen LogP contribution in [0, 0.1) is 6.92 Å². The number of carbonyl (C=O) groups is 1. The van der Waals surface area contributed by atoms with Crippen molar-refractivity contribution in [1.82, 2.24) is 10.2 Å². The van der Waals surface area contributed by atoms with E-state index < -0.39 is 0 Å². The second kappa shape index (κ2) is 8.63. The second-order valence-corrected chi connectivity index (χ2v) is 7.34. The Balaban J connectivity index is 1.62. The number of nitrogens with zero attached hydrogens (tertiary/aromatic N) is 1. The van der Waals surface area contributed by atoms with Crippen LogP contribution < -0.4 is 14.8 Å². The molecule has 3 rings (SSSR count). The molecule has 0 aliphatic carbocycles. The van der Waals surface area contributed by atoms with Crippen LogP contribution in [0.15, 0.2) is 36.4 Å². The highest BCUT2D eigenvalue weighted by Crippen LogP contribution is 2.29. The minimum absolute atomic E-state index is 0.223. The molecule has 6 heteroatoms. The van der Waals surface area contributed by atoms with E-state index in [-0.39, 0.29) is 12.1 Å².